The highest BCUT2D eigenvalue weighted by molar-refractivity contribution is 7.91. The third kappa shape index (κ3) is 6.32. The van der Waals surface area contributed by atoms with Gasteiger partial charge in [-0.25, -0.2) is 13.4 Å². The van der Waals surface area contributed by atoms with Crippen LogP contribution in [0, 0.1) is 0 Å². The molecule has 2 aromatic carbocycles. The molecule has 0 bridgehead atoms. The molecule has 186 valence electrons. The van der Waals surface area contributed by atoms with Gasteiger partial charge in [-0.05, 0) is 50.2 Å². The Labute approximate surface area is 217 Å². The Balaban J connectivity index is 1.78. The van der Waals surface area contributed by atoms with Crippen LogP contribution in [-0.4, -0.2) is 44.1 Å². The summed E-state index contributed by atoms with van der Waals surface area (Å²) >= 11 is 13.4. The average molecular weight is 556 g/mol. The summed E-state index contributed by atoms with van der Waals surface area (Å²) in [4.78, 5) is 30.9. The number of ether oxygens (including phenoxy) is 1. The van der Waals surface area contributed by atoms with E-state index >= 15 is 0 Å². The lowest BCUT2D eigenvalue weighted by atomic mass is 10.1. The molecule has 0 aliphatic carbocycles. The molecule has 0 radical (unpaired) electrons. The van der Waals surface area contributed by atoms with Gasteiger partial charge in [0.1, 0.15) is 10.7 Å². The number of anilines is 3. The van der Waals surface area contributed by atoms with Gasteiger partial charge >= 0.3 is 5.97 Å². The van der Waals surface area contributed by atoms with Crippen molar-refractivity contribution in [3.8, 4) is 0 Å². The van der Waals surface area contributed by atoms with Crippen molar-refractivity contribution in [1.29, 1.82) is 0 Å². The summed E-state index contributed by atoms with van der Waals surface area (Å²) in [5.41, 5.74) is 6.78. The summed E-state index contributed by atoms with van der Waals surface area (Å²) in [6, 6.07) is 10.9. The van der Waals surface area contributed by atoms with Gasteiger partial charge in [0.25, 0.3) is 0 Å². The fraction of sp³-hybridized carbons (Fsp3) is 0.261. The van der Waals surface area contributed by atoms with Gasteiger partial charge in [-0.15, -0.1) is 0 Å². The number of nitrogen functional groups attached to an aromatic ring is 1. The number of nitrogens with zero attached hydrogens (tertiary/aromatic N) is 2. The number of aromatic nitrogens is 1. The van der Waals surface area contributed by atoms with Gasteiger partial charge < -0.3 is 15.4 Å². The lowest BCUT2D eigenvalue weighted by Gasteiger charge is -2.16. The fourth-order valence-electron chi connectivity index (χ4n) is 3.10. The molecule has 0 saturated carbocycles. The van der Waals surface area contributed by atoms with Gasteiger partial charge in [-0.2, -0.15) is 0 Å². The normalized spacial score (nSPS) is 11.5. The second kappa shape index (κ2) is 10.9. The fourth-order valence-corrected chi connectivity index (χ4v) is 5.80. The number of carbonyl (C=O) groups excluding carboxylic acids is 2. The van der Waals surface area contributed by atoms with Crippen molar-refractivity contribution in [3.05, 3.63) is 63.0 Å². The molecule has 8 nitrogen and oxygen atoms in total. The number of benzene rings is 2. The van der Waals surface area contributed by atoms with Crippen LogP contribution >= 0.6 is 34.5 Å². The maximum absolute atomic E-state index is 13.0. The molecular formula is C23H23Cl2N3O5S2. The monoisotopic (exact) mass is 555 g/mol. The second-order valence-electron chi connectivity index (χ2n) is 7.80. The van der Waals surface area contributed by atoms with Gasteiger partial charge in [0.15, 0.2) is 15.0 Å². The molecule has 3 rings (SSSR count). The second-order valence-corrected chi connectivity index (χ2v) is 11.7. The Kier molecular flexibility index (Phi) is 8.42. The quantitative estimate of drug-likeness (QED) is 0.284. The summed E-state index contributed by atoms with van der Waals surface area (Å²) in [7, 11) is -1.96. The zero-order valence-electron chi connectivity index (χ0n) is 19.1. The number of thiazole rings is 1. The highest BCUT2D eigenvalue weighted by Crippen LogP contribution is 2.36. The molecule has 0 spiro atoms. The molecule has 0 amide bonds. The molecule has 0 atom stereocenters. The van der Waals surface area contributed by atoms with Crippen LogP contribution < -0.4 is 10.6 Å². The van der Waals surface area contributed by atoms with E-state index in [1.165, 1.54) is 12.1 Å². The van der Waals surface area contributed by atoms with E-state index in [0.29, 0.717) is 10.8 Å². The predicted octanol–water partition coefficient (Wildman–Crippen LogP) is 5.15. The number of rotatable bonds is 9. The van der Waals surface area contributed by atoms with Crippen molar-refractivity contribution in [2.75, 3.05) is 23.4 Å². The summed E-state index contributed by atoms with van der Waals surface area (Å²) in [5.74, 6) is -1.32. The number of esters is 1. The number of hydrogen-bond donors (Lipinski definition) is 1. The molecule has 35 heavy (non-hydrogen) atoms. The molecule has 1 aromatic heterocycles. The Morgan fingerprint density at radius 1 is 1.11 bits per heavy atom. The van der Waals surface area contributed by atoms with Crippen LogP contribution in [0.15, 0.2) is 47.4 Å². The predicted molar refractivity (Wildman–Crippen MR) is 139 cm³/mol. The summed E-state index contributed by atoms with van der Waals surface area (Å²) in [6.07, 6.45) is -0.537. The number of hydrogen-bond acceptors (Lipinski definition) is 9. The van der Waals surface area contributed by atoms with Gasteiger partial charge in [0, 0.05) is 12.7 Å². The van der Waals surface area contributed by atoms with Crippen LogP contribution in [0.2, 0.25) is 10.0 Å². The standard InChI is InChI=1S/C23H23Cl2N3O5S2/c1-13(2)33-18(29)11-12-35(31,32)15-9-7-14(8-10-15)28(3)23-27-22(26)21(34-23)20(30)19-16(24)5-4-6-17(19)25/h4-10,13H,11-12,26H2,1-3H3. The van der Waals surface area contributed by atoms with E-state index in [-0.39, 0.29) is 49.5 Å². The number of sulfone groups is 1. The summed E-state index contributed by atoms with van der Waals surface area (Å²) in [5, 5.41) is 0.833. The van der Waals surface area contributed by atoms with Gasteiger partial charge in [-0.3, -0.25) is 9.59 Å². The third-order valence-corrected chi connectivity index (χ3v) is 8.36. The molecule has 0 saturated heterocycles. The zero-order valence-corrected chi connectivity index (χ0v) is 22.3. The van der Waals surface area contributed by atoms with Crippen LogP contribution in [-0.2, 0) is 19.4 Å². The van der Waals surface area contributed by atoms with Crippen LogP contribution in [0.25, 0.3) is 0 Å². The number of carbonyl (C=O) groups is 2. The minimum atomic E-state index is -3.67. The van der Waals surface area contributed by atoms with Crippen LogP contribution in [0.4, 0.5) is 16.6 Å². The molecule has 12 heteroatoms. The van der Waals surface area contributed by atoms with E-state index < -0.39 is 21.6 Å². The first kappa shape index (κ1) is 26.9. The Hall–Kier alpha value is -2.66. The lowest BCUT2D eigenvalue weighted by Crippen LogP contribution is -2.16. The largest absolute Gasteiger partial charge is 0.463 e. The van der Waals surface area contributed by atoms with Gasteiger partial charge in [0.05, 0.1) is 38.8 Å². The minimum absolute atomic E-state index is 0.0327. The van der Waals surface area contributed by atoms with Crippen LogP contribution in [0.1, 0.15) is 35.5 Å². The van der Waals surface area contributed by atoms with Crippen molar-refractivity contribution in [3.63, 3.8) is 0 Å². The average Bonchev–Trinajstić information content (AvgIpc) is 3.18. The number of ketones is 1. The van der Waals surface area contributed by atoms with E-state index in [1.54, 1.807) is 56.1 Å². The molecule has 0 unspecified atom stereocenters. The number of nitrogens with two attached hydrogens (primary N) is 1. The van der Waals surface area contributed by atoms with Crippen molar-refractivity contribution in [2.24, 2.45) is 0 Å². The zero-order chi connectivity index (χ0) is 25.9. The maximum Gasteiger partial charge on any atom is 0.307 e. The Morgan fingerprint density at radius 3 is 2.29 bits per heavy atom. The molecule has 0 aliphatic heterocycles. The first-order chi connectivity index (χ1) is 16.4. The Morgan fingerprint density at radius 2 is 1.71 bits per heavy atom. The van der Waals surface area contributed by atoms with E-state index in [1.807, 2.05) is 0 Å². The van der Waals surface area contributed by atoms with Crippen molar-refractivity contribution in [2.45, 2.75) is 31.3 Å². The van der Waals surface area contributed by atoms with Crippen LogP contribution in [0.5, 0.6) is 0 Å². The van der Waals surface area contributed by atoms with E-state index in [0.717, 1.165) is 11.3 Å². The van der Waals surface area contributed by atoms with E-state index in [4.69, 9.17) is 33.7 Å². The molecular weight excluding hydrogens is 533 g/mol. The summed E-state index contributed by atoms with van der Waals surface area (Å²) < 4.78 is 30.1. The molecule has 3 aromatic rings. The number of halogens is 2. The third-order valence-electron chi connectivity index (χ3n) is 4.85. The van der Waals surface area contributed by atoms with E-state index in [9.17, 15) is 18.0 Å². The first-order valence-electron chi connectivity index (χ1n) is 10.4. The van der Waals surface area contributed by atoms with Crippen LogP contribution in [0.3, 0.4) is 0 Å². The first-order valence-corrected chi connectivity index (χ1v) is 13.6. The minimum Gasteiger partial charge on any atom is -0.463 e. The smallest absolute Gasteiger partial charge is 0.307 e. The molecule has 1 heterocycles. The highest BCUT2D eigenvalue weighted by atomic mass is 35.5. The Bertz CT molecular complexity index is 1340. The lowest BCUT2D eigenvalue weighted by molar-refractivity contribution is -0.146. The van der Waals surface area contributed by atoms with Crippen molar-refractivity contribution < 1.29 is 22.7 Å². The molecule has 0 aliphatic rings. The van der Waals surface area contributed by atoms with Crippen molar-refractivity contribution >= 4 is 72.8 Å². The molecule has 0 fully saturated rings. The van der Waals surface area contributed by atoms with Gasteiger partial charge in [0.2, 0.25) is 5.78 Å². The van der Waals surface area contributed by atoms with E-state index in [2.05, 4.69) is 4.98 Å². The van der Waals surface area contributed by atoms with Gasteiger partial charge in [-0.1, -0.05) is 40.6 Å². The highest BCUT2D eigenvalue weighted by Gasteiger charge is 2.24. The summed E-state index contributed by atoms with van der Waals surface area (Å²) in [6.45, 7) is 3.39. The SMILES string of the molecule is CC(C)OC(=O)CCS(=O)(=O)c1ccc(N(C)c2nc(N)c(C(=O)c3c(Cl)cccc3Cl)s2)cc1. The topological polar surface area (TPSA) is 120 Å². The van der Waals surface area contributed by atoms with Crippen molar-refractivity contribution in [1.82, 2.24) is 4.98 Å². The molecule has 2 N–H and O–H groups in total. The maximum atomic E-state index is 13.0.